The molecule has 4 aromatic rings. The lowest BCUT2D eigenvalue weighted by atomic mass is 10.1. The molecule has 124 valence electrons. The first-order chi connectivity index (χ1) is 12.1. The molecule has 0 amide bonds. The zero-order valence-corrected chi connectivity index (χ0v) is 13.6. The van der Waals surface area contributed by atoms with Gasteiger partial charge in [0.25, 0.3) is 5.89 Å². The molecule has 0 saturated heterocycles. The quantitative estimate of drug-likeness (QED) is 0.553. The van der Waals surface area contributed by atoms with Crippen LogP contribution in [0.4, 0.5) is 8.78 Å². The van der Waals surface area contributed by atoms with Crippen molar-refractivity contribution < 1.29 is 13.3 Å². The summed E-state index contributed by atoms with van der Waals surface area (Å²) < 4.78 is 33.1. The van der Waals surface area contributed by atoms with Crippen LogP contribution in [0.15, 0.2) is 39.9 Å². The van der Waals surface area contributed by atoms with Gasteiger partial charge < -0.3 is 4.52 Å². The Bertz CT molecular complexity index is 1050. The summed E-state index contributed by atoms with van der Waals surface area (Å²) in [5.74, 6) is -0.683. The van der Waals surface area contributed by atoms with Crippen LogP contribution >= 0.6 is 11.3 Å². The van der Waals surface area contributed by atoms with Crippen LogP contribution in [-0.2, 0) is 0 Å². The molecule has 0 aromatic carbocycles. The Labute approximate surface area is 144 Å². The molecule has 0 spiro atoms. The number of rotatable bonds is 3. The largest absolute Gasteiger partial charge is 0.332 e. The highest BCUT2D eigenvalue weighted by molar-refractivity contribution is 7.07. The minimum absolute atomic E-state index is 0.122. The summed E-state index contributed by atoms with van der Waals surface area (Å²) in [5.41, 5.74) is 3.10. The molecule has 25 heavy (non-hydrogen) atoms. The molecule has 0 aliphatic carbocycles. The fraction of sp³-hybridized carbons (Fsp3) is 0.0625. The van der Waals surface area contributed by atoms with E-state index in [9.17, 15) is 8.78 Å². The second kappa shape index (κ2) is 6.10. The van der Waals surface area contributed by atoms with Gasteiger partial charge in [0, 0.05) is 22.7 Å². The average Bonchev–Trinajstić information content (AvgIpc) is 3.28. The highest BCUT2D eigenvalue weighted by atomic mass is 32.1. The molecule has 0 fully saturated rings. The molecule has 0 saturated carbocycles. The van der Waals surface area contributed by atoms with Gasteiger partial charge in [-0.25, -0.2) is 18.7 Å². The molecule has 0 bridgehead atoms. The summed E-state index contributed by atoms with van der Waals surface area (Å²) in [6.45, 7) is 1.51. The van der Waals surface area contributed by atoms with Gasteiger partial charge >= 0.3 is 0 Å². The predicted octanol–water partition coefficient (Wildman–Crippen LogP) is 3.90. The topological polar surface area (TPSA) is 77.6 Å². The maximum absolute atomic E-state index is 14.5. The van der Waals surface area contributed by atoms with Crippen LogP contribution in [0.25, 0.3) is 34.2 Å². The molecule has 0 aliphatic heterocycles. The van der Waals surface area contributed by atoms with E-state index in [0.29, 0.717) is 17.1 Å². The number of pyridine rings is 2. The minimum Gasteiger partial charge on any atom is -0.332 e. The SMILES string of the molecule is Cc1nc(-c2nc(-c3cscn3)no2)cc(-c2cncc(F)c2)c1F. The Balaban J connectivity index is 1.81. The summed E-state index contributed by atoms with van der Waals surface area (Å²) in [4.78, 5) is 16.2. The Hall–Kier alpha value is -3.07. The van der Waals surface area contributed by atoms with Crippen molar-refractivity contribution in [1.82, 2.24) is 25.1 Å². The van der Waals surface area contributed by atoms with Gasteiger partial charge in [0.1, 0.15) is 17.2 Å². The van der Waals surface area contributed by atoms with Crippen molar-refractivity contribution in [2.24, 2.45) is 0 Å². The third kappa shape index (κ3) is 2.89. The molecule has 0 atom stereocenters. The standard InChI is InChI=1S/C16H9F2N5OS/c1-8-14(18)11(9-2-10(17)5-19-4-9)3-12(21-8)16-22-15(23-24-16)13-6-25-7-20-13/h2-7H,1H3. The van der Waals surface area contributed by atoms with Gasteiger partial charge in [-0.05, 0) is 19.1 Å². The summed E-state index contributed by atoms with van der Waals surface area (Å²) in [7, 11) is 0. The van der Waals surface area contributed by atoms with E-state index < -0.39 is 11.6 Å². The lowest BCUT2D eigenvalue weighted by Gasteiger charge is -2.07. The summed E-state index contributed by atoms with van der Waals surface area (Å²) >= 11 is 1.40. The zero-order valence-electron chi connectivity index (χ0n) is 12.8. The first-order valence-corrected chi connectivity index (χ1v) is 8.07. The van der Waals surface area contributed by atoms with Gasteiger partial charge in [0.2, 0.25) is 5.82 Å². The van der Waals surface area contributed by atoms with E-state index in [1.807, 2.05) is 0 Å². The molecule has 9 heteroatoms. The van der Waals surface area contributed by atoms with Crippen LogP contribution in [0.1, 0.15) is 5.69 Å². The van der Waals surface area contributed by atoms with Crippen molar-refractivity contribution in [1.29, 1.82) is 0 Å². The maximum Gasteiger partial charge on any atom is 0.276 e. The van der Waals surface area contributed by atoms with Gasteiger partial charge in [-0.2, -0.15) is 4.98 Å². The van der Waals surface area contributed by atoms with E-state index in [-0.39, 0.29) is 22.8 Å². The number of halogens is 2. The van der Waals surface area contributed by atoms with Crippen molar-refractivity contribution >= 4 is 11.3 Å². The van der Waals surface area contributed by atoms with Crippen molar-refractivity contribution in [2.75, 3.05) is 0 Å². The fourth-order valence-electron chi connectivity index (χ4n) is 2.29. The first kappa shape index (κ1) is 15.5. The lowest BCUT2D eigenvalue weighted by molar-refractivity contribution is 0.430. The monoisotopic (exact) mass is 357 g/mol. The molecule has 6 nitrogen and oxygen atoms in total. The van der Waals surface area contributed by atoms with Crippen molar-refractivity contribution in [2.45, 2.75) is 6.92 Å². The van der Waals surface area contributed by atoms with Crippen LogP contribution in [-0.4, -0.2) is 25.1 Å². The number of aromatic nitrogens is 5. The molecule has 0 aliphatic rings. The molecule has 0 N–H and O–H groups in total. The summed E-state index contributed by atoms with van der Waals surface area (Å²) in [6.07, 6.45) is 2.42. The Kier molecular flexibility index (Phi) is 3.77. The van der Waals surface area contributed by atoms with Gasteiger partial charge in [0.15, 0.2) is 5.82 Å². The van der Waals surface area contributed by atoms with E-state index >= 15 is 0 Å². The second-order valence-corrected chi connectivity index (χ2v) is 5.86. The van der Waals surface area contributed by atoms with Crippen LogP contribution in [0, 0.1) is 18.6 Å². The number of thiazole rings is 1. The molecular formula is C16H9F2N5OS. The Morgan fingerprint density at radius 3 is 2.72 bits per heavy atom. The third-order valence-electron chi connectivity index (χ3n) is 3.45. The van der Waals surface area contributed by atoms with Gasteiger partial charge in [0.05, 0.1) is 17.4 Å². The molecule has 4 heterocycles. The Morgan fingerprint density at radius 1 is 1.08 bits per heavy atom. The van der Waals surface area contributed by atoms with Crippen molar-refractivity contribution in [3.05, 3.63) is 52.7 Å². The number of hydrogen-bond acceptors (Lipinski definition) is 7. The fourth-order valence-corrected chi connectivity index (χ4v) is 2.82. The molecule has 4 aromatic heterocycles. The first-order valence-electron chi connectivity index (χ1n) is 7.12. The molecule has 0 radical (unpaired) electrons. The van der Waals surface area contributed by atoms with Gasteiger partial charge in [-0.1, -0.05) is 5.16 Å². The molecular weight excluding hydrogens is 348 g/mol. The van der Waals surface area contributed by atoms with E-state index in [2.05, 4.69) is 25.1 Å². The van der Waals surface area contributed by atoms with Crippen LogP contribution < -0.4 is 0 Å². The number of nitrogens with zero attached hydrogens (tertiary/aromatic N) is 5. The third-order valence-corrected chi connectivity index (χ3v) is 4.03. The molecule has 0 unspecified atom stereocenters. The lowest BCUT2D eigenvalue weighted by Crippen LogP contribution is -1.97. The van der Waals surface area contributed by atoms with Crippen LogP contribution in [0.3, 0.4) is 0 Å². The summed E-state index contributed by atoms with van der Waals surface area (Å²) in [5, 5.41) is 5.64. The number of hydrogen-bond donors (Lipinski definition) is 0. The van der Waals surface area contributed by atoms with Crippen molar-refractivity contribution in [3.8, 4) is 34.2 Å². The van der Waals surface area contributed by atoms with E-state index in [1.54, 1.807) is 10.9 Å². The highest BCUT2D eigenvalue weighted by Gasteiger charge is 2.18. The average molecular weight is 357 g/mol. The van der Waals surface area contributed by atoms with Gasteiger partial charge in [-0.3, -0.25) is 4.98 Å². The zero-order chi connectivity index (χ0) is 17.4. The molecule has 4 rings (SSSR count). The number of aryl methyl sites for hydroxylation is 1. The van der Waals surface area contributed by atoms with E-state index in [4.69, 9.17) is 4.52 Å². The van der Waals surface area contributed by atoms with Crippen LogP contribution in [0.5, 0.6) is 0 Å². The smallest absolute Gasteiger partial charge is 0.276 e. The maximum atomic E-state index is 14.5. The van der Waals surface area contributed by atoms with Crippen molar-refractivity contribution in [3.63, 3.8) is 0 Å². The predicted molar refractivity (Wildman–Crippen MR) is 86.5 cm³/mol. The van der Waals surface area contributed by atoms with E-state index in [1.165, 1.54) is 36.6 Å². The van der Waals surface area contributed by atoms with E-state index in [0.717, 1.165) is 6.20 Å². The minimum atomic E-state index is -0.560. The normalized spacial score (nSPS) is 11.0. The second-order valence-electron chi connectivity index (χ2n) is 5.14. The Morgan fingerprint density at radius 2 is 1.96 bits per heavy atom. The summed E-state index contributed by atoms with van der Waals surface area (Å²) in [6, 6.07) is 2.63. The highest BCUT2D eigenvalue weighted by Crippen LogP contribution is 2.29. The van der Waals surface area contributed by atoms with Crippen LogP contribution in [0.2, 0.25) is 0 Å². The van der Waals surface area contributed by atoms with Gasteiger partial charge in [-0.15, -0.1) is 11.3 Å².